The molecular weight excluding hydrogens is 228 g/mol. The molecule has 2 rings (SSSR count). The topological polar surface area (TPSA) is 43.4 Å². The fourth-order valence-corrected chi connectivity index (χ4v) is 1.97. The molecule has 2 heterocycles. The molecule has 1 atom stereocenters. The average Bonchev–Trinajstić information content (AvgIpc) is 2.90. The van der Waals surface area contributed by atoms with Crippen molar-refractivity contribution in [3.05, 3.63) is 23.9 Å². The van der Waals surface area contributed by atoms with E-state index in [-0.39, 0.29) is 0 Å². The third-order valence-electron chi connectivity index (χ3n) is 3.03. The maximum atomic E-state index is 5.73. The van der Waals surface area contributed by atoms with Crippen LogP contribution in [0.1, 0.15) is 25.3 Å². The van der Waals surface area contributed by atoms with Crippen LogP contribution in [0.25, 0.3) is 0 Å². The summed E-state index contributed by atoms with van der Waals surface area (Å²) < 4.78 is 11.1. The van der Waals surface area contributed by atoms with Crippen LogP contribution >= 0.6 is 0 Å². The largest absolute Gasteiger partial charge is 0.381 e. The van der Waals surface area contributed by atoms with Crippen LogP contribution in [0.2, 0.25) is 0 Å². The molecule has 4 heteroatoms. The molecule has 0 bridgehead atoms. The fraction of sp³-hybridized carbons (Fsp3) is 0.643. The normalized spacial score (nSPS) is 19.1. The van der Waals surface area contributed by atoms with E-state index < -0.39 is 0 Å². The Bertz CT molecular complexity index is 351. The minimum atomic E-state index is 0.574. The lowest BCUT2D eigenvalue weighted by Gasteiger charge is -2.10. The first-order chi connectivity index (χ1) is 8.88. The standard InChI is InChI=1S/C14H22N2O2/c1-2-5-15-14-8-12(3-6-16-14)9-18-11-13-4-7-17-10-13/h3,6,8,13H,2,4-5,7,9-11H2,1H3,(H,15,16). The second kappa shape index (κ2) is 7.34. The Labute approximate surface area is 109 Å². The highest BCUT2D eigenvalue weighted by Crippen LogP contribution is 2.14. The molecular formula is C14H22N2O2. The summed E-state index contributed by atoms with van der Waals surface area (Å²) in [5, 5.41) is 3.28. The molecule has 0 radical (unpaired) electrons. The Balaban J connectivity index is 1.74. The van der Waals surface area contributed by atoms with Gasteiger partial charge < -0.3 is 14.8 Å². The Morgan fingerprint density at radius 3 is 3.28 bits per heavy atom. The van der Waals surface area contributed by atoms with E-state index in [1.54, 1.807) is 0 Å². The summed E-state index contributed by atoms with van der Waals surface area (Å²) in [6.45, 7) is 6.27. The van der Waals surface area contributed by atoms with Gasteiger partial charge in [-0.25, -0.2) is 4.98 Å². The molecule has 1 fully saturated rings. The van der Waals surface area contributed by atoms with Crippen LogP contribution in [-0.2, 0) is 16.1 Å². The third kappa shape index (κ3) is 4.27. The second-order valence-corrected chi connectivity index (χ2v) is 4.72. The molecule has 0 amide bonds. The molecule has 0 saturated carbocycles. The molecule has 1 unspecified atom stereocenters. The minimum Gasteiger partial charge on any atom is -0.381 e. The average molecular weight is 250 g/mol. The first-order valence-electron chi connectivity index (χ1n) is 6.72. The van der Waals surface area contributed by atoms with Gasteiger partial charge in [0.25, 0.3) is 0 Å². The number of anilines is 1. The highest BCUT2D eigenvalue weighted by atomic mass is 16.5. The van der Waals surface area contributed by atoms with Crippen molar-refractivity contribution in [2.45, 2.75) is 26.4 Å². The zero-order valence-electron chi connectivity index (χ0n) is 11.0. The Morgan fingerprint density at radius 2 is 2.50 bits per heavy atom. The van der Waals surface area contributed by atoms with Gasteiger partial charge >= 0.3 is 0 Å². The van der Waals surface area contributed by atoms with Gasteiger partial charge in [-0.2, -0.15) is 0 Å². The van der Waals surface area contributed by atoms with Crippen LogP contribution in [0.3, 0.4) is 0 Å². The van der Waals surface area contributed by atoms with E-state index in [9.17, 15) is 0 Å². The van der Waals surface area contributed by atoms with Crippen molar-refractivity contribution in [1.82, 2.24) is 4.98 Å². The first kappa shape index (κ1) is 13.3. The van der Waals surface area contributed by atoms with Crippen LogP contribution in [0, 0.1) is 5.92 Å². The number of hydrogen-bond donors (Lipinski definition) is 1. The third-order valence-corrected chi connectivity index (χ3v) is 3.03. The number of pyridine rings is 1. The van der Waals surface area contributed by atoms with E-state index >= 15 is 0 Å². The zero-order chi connectivity index (χ0) is 12.6. The Kier molecular flexibility index (Phi) is 5.42. The predicted octanol–water partition coefficient (Wildman–Crippen LogP) is 2.46. The SMILES string of the molecule is CCCNc1cc(COCC2CCOC2)ccn1. The zero-order valence-corrected chi connectivity index (χ0v) is 11.0. The maximum Gasteiger partial charge on any atom is 0.126 e. The van der Waals surface area contributed by atoms with Gasteiger partial charge in [-0.15, -0.1) is 0 Å². The van der Waals surface area contributed by atoms with E-state index in [0.717, 1.165) is 45.0 Å². The molecule has 1 N–H and O–H groups in total. The number of hydrogen-bond acceptors (Lipinski definition) is 4. The summed E-state index contributed by atoms with van der Waals surface area (Å²) in [6, 6.07) is 4.06. The Hall–Kier alpha value is -1.13. The highest BCUT2D eigenvalue weighted by Gasteiger charge is 2.15. The molecule has 1 saturated heterocycles. The number of nitrogens with one attached hydrogen (secondary N) is 1. The monoisotopic (exact) mass is 250 g/mol. The van der Waals surface area contributed by atoms with Crippen LogP contribution in [0.15, 0.2) is 18.3 Å². The smallest absolute Gasteiger partial charge is 0.126 e. The lowest BCUT2D eigenvalue weighted by Crippen LogP contribution is -2.09. The summed E-state index contributed by atoms with van der Waals surface area (Å²) in [4.78, 5) is 4.28. The summed E-state index contributed by atoms with van der Waals surface area (Å²) in [6.07, 6.45) is 4.05. The van der Waals surface area contributed by atoms with Crippen LogP contribution < -0.4 is 5.32 Å². The summed E-state index contributed by atoms with van der Waals surface area (Å²) in [5.41, 5.74) is 1.17. The summed E-state index contributed by atoms with van der Waals surface area (Å²) in [7, 11) is 0. The van der Waals surface area contributed by atoms with Crippen molar-refractivity contribution in [2.75, 3.05) is 31.7 Å². The van der Waals surface area contributed by atoms with E-state index in [2.05, 4.69) is 23.3 Å². The van der Waals surface area contributed by atoms with E-state index in [0.29, 0.717) is 12.5 Å². The van der Waals surface area contributed by atoms with E-state index in [4.69, 9.17) is 9.47 Å². The minimum absolute atomic E-state index is 0.574. The van der Waals surface area contributed by atoms with Gasteiger partial charge in [0.1, 0.15) is 5.82 Å². The van der Waals surface area contributed by atoms with Gasteiger partial charge in [-0.05, 0) is 30.5 Å². The maximum absolute atomic E-state index is 5.73. The quantitative estimate of drug-likeness (QED) is 0.807. The van der Waals surface area contributed by atoms with E-state index in [1.165, 1.54) is 5.56 Å². The number of nitrogens with zero attached hydrogens (tertiary/aromatic N) is 1. The molecule has 0 aromatic carbocycles. The van der Waals surface area contributed by atoms with Gasteiger partial charge in [0.2, 0.25) is 0 Å². The van der Waals surface area contributed by atoms with Gasteiger partial charge in [0.05, 0.1) is 19.8 Å². The van der Waals surface area contributed by atoms with Crippen molar-refractivity contribution < 1.29 is 9.47 Å². The van der Waals surface area contributed by atoms with Crippen molar-refractivity contribution in [2.24, 2.45) is 5.92 Å². The number of ether oxygens (including phenoxy) is 2. The number of aromatic nitrogens is 1. The van der Waals surface area contributed by atoms with Crippen molar-refractivity contribution >= 4 is 5.82 Å². The molecule has 1 aliphatic rings. The molecule has 1 aromatic heterocycles. The predicted molar refractivity (Wildman–Crippen MR) is 71.6 cm³/mol. The fourth-order valence-electron chi connectivity index (χ4n) is 1.97. The highest BCUT2D eigenvalue weighted by molar-refractivity contribution is 5.37. The van der Waals surface area contributed by atoms with E-state index in [1.807, 2.05) is 12.3 Å². The van der Waals surface area contributed by atoms with Gasteiger partial charge in [-0.3, -0.25) is 0 Å². The molecule has 100 valence electrons. The molecule has 4 nitrogen and oxygen atoms in total. The molecule has 1 aromatic rings. The Morgan fingerprint density at radius 1 is 1.56 bits per heavy atom. The first-order valence-corrected chi connectivity index (χ1v) is 6.72. The molecule has 0 aliphatic carbocycles. The lowest BCUT2D eigenvalue weighted by atomic mass is 10.1. The van der Waals surface area contributed by atoms with Crippen LogP contribution in [0.4, 0.5) is 5.82 Å². The molecule has 0 spiro atoms. The summed E-state index contributed by atoms with van der Waals surface area (Å²) in [5.74, 6) is 1.51. The number of rotatable bonds is 7. The van der Waals surface area contributed by atoms with Crippen molar-refractivity contribution in [3.8, 4) is 0 Å². The van der Waals surface area contributed by atoms with Crippen molar-refractivity contribution in [1.29, 1.82) is 0 Å². The van der Waals surface area contributed by atoms with Gasteiger partial charge in [0.15, 0.2) is 0 Å². The second-order valence-electron chi connectivity index (χ2n) is 4.72. The van der Waals surface area contributed by atoms with Gasteiger partial charge in [-0.1, -0.05) is 6.92 Å². The van der Waals surface area contributed by atoms with Crippen molar-refractivity contribution in [3.63, 3.8) is 0 Å². The lowest BCUT2D eigenvalue weighted by molar-refractivity contribution is 0.0791. The summed E-state index contributed by atoms with van der Waals surface area (Å²) >= 11 is 0. The van der Waals surface area contributed by atoms with Gasteiger partial charge in [0, 0.05) is 25.3 Å². The molecule has 18 heavy (non-hydrogen) atoms. The van der Waals surface area contributed by atoms with Crippen LogP contribution in [0.5, 0.6) is 0 Å². The van der Waals surface area contributed by atoms with Crippen LogP contribution in [-0.4, -0.2) is 31.3 Å². The molecule has 1 aliphatic heterocycles.